The minimum absolute atomic E-state index is 0.369. The van der Waals surface area contributed by atoms with E-state index >= 15 is 0 Å². The van der Waals surface area contributed by atoms with E-state index in [1.54, 1.807) is 18.2 Å². The molecular formula is C19H18Cl2N2O2S. The van der Waals surface area contributed by atoms with E-state index in [9.17, 15) is 4.79 Å². The number of amides is 1. The van der Waals surface area contributed by atoms with E-state index < -0.39 is 0 Å². The van der Waals surface area contributed by atoms with Crippen molar-refractivity contribution in [2.24, 2.45) is 4.99 Å². The van der Waals surface area contributed by atoms with Crippen LogP contribution >= 0.6 is 34.5 Å². The minimum atomic E-state index is -0.372. The van der Waals surface area contributed by atoms with E-state index in [0.717, 1.165) is 15.8 Å². The number of fused-ring (bicyclic) bond motifs is 1. The van der Waals surface area contributed by atoms with Gasteiger partial charge < -0.3 is 9.30 Å². The quantitative estimate of drug-likeness (QED) is 0.551. The normalized spacial score (nSPS) is 12.1. The first-order chi connectivity index (χ1) is 12.5. The first-order valence-electron chi connectivity index (χ1n) is 8.21. The second-order valence-corrected chi connectivity index (χ2v) is 7.61. The van der Waals surface area contributed by atoms with Crippen LogP contribution in [0, 0.1) is 6.92 Å². The smallest absolute Gasteiger partial charge is 0.279 e. The summed E-state index contributed by atoms with van der Waals surface area (Å²) in [6.45, 7) is 5.84. The standard InChI is InChI=1S/C19H18Cl2N2O2S/c1-3-25-8-7-23-17-12(2)5-4-6-16(17)26-19(23)22-18(24)13-9-14(20)11-15(21)10-13/h4-6,9-11H,3,7-8H2,1-2H3. The molecule has 7 heteroatoms. The topological polar surface area (TPSA) is 43.6 Å². The number of rotatable bonds is 5. The molecule has 1 aromatic heterocycles. The Labute approximate surface area is 165 Å². The van der Waals surface area contributed by atoms with E-state index in [4.69, 9.17) is 27.9 Å². The first-order valence-corrected chi connectivity index (χ1v) is 9.78. The molecule has 1 heterocycles. The van der Waals surface area contributed by atoms with Gasteiger partial charge in [-0.05, 0) is 43.7 Å². The molecule has 0 bridgehead atoms. The molecule has 0 spiro atoms. The lowest BCUT2D eigenvalue weighted by atomic mass is 10.2. The van der Waals surface area contributed by atoms with Gasteiger partial charge in [0.2, 0.25) is 0 Å². The van der Waals surface area contributed by atoms with Gasteiger partial charge in [-0.25, -0.2) is 0 Å². The number of ether oxygens (including phenoxy) is 1. The summed E-state index contributed by atoms with van der Waals surface area (Å²) in [7, 11) is 0. The Bertz CT molecular complexity index is 1000. The molecule has 0 aliphatic carbocycles. The predicted molar refractivity (Wildman–Crippen MR) is 107 cm³/mol. The fourth-order valence-corrected chi connectivity index (χ4v) is 4.39. The van der Waals surface area contributed by atoms with Gasteiger partial charge >= 0.3 is 0 Å². The molecule has 0 aliphatic rings. The average Bonchev–Trinajstić information content (AvgIpc) is 2.93. The number of aryl methyl sites for hydroxylation is 1. The first kappa shape index (κ1) is 19.1. The summed E-state index contributed by atoms with van der Waals surface area (Å²) in [4.78, 5) is 17.6. The van der Waals surface area contributed by atoms with E-state index in [0.29, 0.717) is 40.2 Å². The molecule has 0 unspecified atom stereocenters. The summed E-state index contributed by atoms with van der Waals surface area (Å²) in [6, 6.07) is 10.8. The number of thiazole rings is 1. The lowest BCUT2D eigenvalue weighted by Gasteiger charge is -2.07. The third-order valence-corrected chi connectivity index (χ3v) is 5.35. The molecular weight excluding hydrogens is 391 g/mol. The van der Waals surface area contributed by atoms with Gasteiger partial charge in [0.25, 0.3) is 5.91 Å². The van der Waals surface area contributed by atoms with Crippen molar-refractivity contribution >= 4 is 50.7 Å². The van der Waals surface area contributed by atoms with Crippen LogP contribution in [0.25, 0.3) is 10.2 Å². The predicted octanol–water partition coefficient (Wildman–Crippen LogP) is 5.10. The number of carbonyl (C=O) groups excluding carboxylic acids is 1. The molecule has 0 N–H and O–H groups in total. The SMILES string of the molecule is CCOCCn1c(=NC(=O)c2cc(Cl)cc(Cl)c2)sc2cccc(C)c21. The van der Waals surface area contributed by atoms with Crippen LogP contribution in [0.4, 0.5) is 0 Å². The number of hydrogen-bond acceptors (Lipinski definition) is 3. The largest absolute Gasteiger partial charge is 0.380 e. The van der Waals surface area contributed by atoms with Crippen molar-refractivity contribution in [1.82, 2.24) is 4.57 Å². The Kier molecular flexibility index (Phi) is 6.14. The van der Waals surface area contributed by atoms with Gasteiger partial charge in [0.1, 0.15) is 0 Å². The monoisotopic (exact) mass is 408 g/mol. The second-order valence-electron chi connectivity index (χ2n) is 5.73. The number of para-hydroxylation sites is 1. The maximum absolute atomic E-state index is 12.6. The van der Waals surface area contributed by atoms with Crippen molar-refractivity contribution in [2.75, 3.05) is 13.2 Å². The molecule has 0 saturated heterocycles. The van der Waals surface area contributed by atoms with Gasteiger partial charge in [-0.3, -0.25) is 4.79 Å². The van der Waals surface area contributed by atoms with Crippen molar-refractivity contribution in [2.45, 2.75) is 20.4 Å². The Balaban J connectivity index is 2.10. The summed E-state index contributed by atoms with van der Waals surface area (Å²) >= 11 is 13.5. The number of benzene rings is 2. The Morgan fingerprint density at radius 3 is 2.65 bits per heavy atom. The molecule has 136 valence electrons. The van der Waals surface area contributed by atoms with Gasteiger partial charge in [-0.2, -0.15) is 4.99 Å². The fraction of sp³-hybridized carbons (Fsp3) is 0.263. The third kappa shape index (κ3) is 4.18. The van der Waals surface area contributed by atoms with Gasteiger partial charge in [0.05, 0.1) is 16.8 Å². The molecule has 3 aromatic rings. The lowest BCUT2D eigenvalue weighted by molar-refractivity contribution is 0.0996. The van der Waals surface area contributed by atoms with Crippen molar-refractivity contribution in [3.05, 3.63) is 62.4 Å². The van der Waals surface area contributed by atoms with Crippen LogP contribution in [-0.2, 0) is 11.3 Å². The summed E-state index contributed by atoms with van der Waals surface area (Å²) in [5.74, 6) is -0.372. The second kappa shape index (κ2) is 8.35. The number of nitrogens with zero attached hydrogens (tertiary/aromatic N) is 2. The molecule has 0 fully saturated rings. The Hall–Kier alpha value is -1.66. The summed E-state index contributed by atoms with van der Waals surface area (Å²) in [5, 5.41) is 0.819. The lowest BCUT2D eigenvalue weighted by Crippen LogP contribution is -2.20. The zero-order valence-corrected chi connectivity index (χ0v) is 16.8. The molecule has 0 aliphatic heterocycles. The van der Waals surface area contributed by atoms with E-state index in [2.05, 4.69) is 18.0 Å². The molecule has 3 rings (SSSR count). The Morgan fingerprint density at radius 2 is 1.96 bits per heavy atom. The number of halogens is 2. The Morgan fingerprint density at radius 1 is 1.23 bits per heavy atom. The van der Waals surface area contributed by atoms with Crippen molar-refractivity contribution in [1.29, 1.82) is 0 Å². The van der Waals surface area contributed by atoms with Crippen LogP contribution in [0.1, 0.15) is 22.8 Å². The van der Waals surface area contributed by atoms with Crippen LogP contribution < -0.4 is 4.80 Å². The third-order valence-electron chi connectivity index (χ3n) is 3.87. The van der Waals surface area contributed by atoms with E-state index in [1.807, 2.05) is 23.6 Å². The van der Waals surface area contributed by atoms with Gasteiger partial charge in [-0.15, -0.1) is 0 Å². The average molecular weight is 409 g/mol. The highest BCUT2D eigenvalue weighted by molar-refractivity contribution is 7.16. The van der Waals surface area contributed by atoms with Crippen LogP contribution in [0.3, 0.4) is 0 Å². The molecule has 26 heavy (non-hydrogen) atoms. The number of aromatic nitrogens is 1. The summed E-state index contributed by atoms with van der Waals surface area (Å²) in [6.07, 6.45) is 0. The molecule has 2 aromatic carbocycles. The van der Waals surface area contributed by atoms with Crippen LogP contribution in [0.15, 0.2) is 41.4 Å². The number of carbonyl (C=O) groups is 1. The molecule has 4 nitrogen and oxygen atoms in total. The summed E-state index contributed by atoms with van der Waals surface area (Å²) in [5.41, 5.74) is 2.58. The number of hydrogen-bond donors (Lipinski definition) is 0. The van der Waals surface area contributed by atoms with Gasteiger partial charge in [0.15, 0.2) is 4.80 Å². The van der Waals surface area contributed by atoms with Gasteiger partial charge in [0, 0.05) is 28.8 Å². The van der Waals surface area contributed by atoms with Crippen molar-refractivity contribution in [3.63, 3.8) is 0 Å². The minimum Gasteiger partial charge on any atom is -0.380 e. The van der Waals surface area contributed by atoms with Crippen LogP contribution in [0.2, 0.25) is 10.0 Å². The molecule has 1 amide bonds. The van der Waals surface area contributed by atoms with Crippen molar-refractivity contribution in [3.8, 4) is 0 Å². The fourth-order valence-electron chi connectivity index (χ4n) is 2.73. The van der Waals surface area contributed by atoms with E-state index in [-0.39, 0.29) is 5.91 Å². The summed E-state index contributed by atoms with van der Waals surface area (Å²) < 4.78 is 8.61. The van der Waals surface area contributed by atoms with Crippen LogP contribution in [-0.4, -0.2) is 23.7 Å². The van der Waals surface area contributed by atoms with Crippen LogP contribution in [0.5, 0.6) is 0 Å². The van der Waals surface area contributed by atoms with Gasteiger partial charge in [-0.1, -0.05) is 46.7 Å². The molecule has 0 atom stereocenters. The van der Waals surface area contributed by atoms with Crippen molar-refractivity contribution < 1.29 is 9.53 Å². The highest BCUT2D eigenvalue weighted by Gasteiger charge is 2.12. The zero-order valence-electron chi connectivity index (χ0n) is 14.5. The molecule has 0 radical (unpaired) electrons. The molecule has 0 saturated carbocycles. The maximum Gasteiger partial charge on any atom is 0.279 e. The van der Waals surface area contributed by atoms with E-state index in [1.165, 1.54) is 11.3 Å². The zero-order chi connectivity index (χ0) is 18.7. The highest BCUT2D eigenvalue weighted by atomic mass is 35.5. The maximum atomic E-state index is 12.6. The highest BCUT2D eigenvalue weighted by Crippen LogP contribution is 2.22.